The minimum Gasteiger partial charge on any atom is -0.318 e. The first kappa shape index (κ1) is 12.7. The van der Waals surface area contributed by atoms with E-state index < -0.39 is 0 Å². The van der Waals surface area contributed by atoms with Gasteiger partial charge in [-0.2, -0.15) is 10.2 Å². The van der Waals surface area contributed by atoms with E-state index in [1.807, 2.05) is 47.7 Å². The Morgan fingerprint density at radius 3 is 2.95 bits per heavy atom. The molecule has 4 heterocycles. The monoisotopic (exact) mass is 316 g/mol. The van der Waals surface area contributed by atoms with E-state index in [-0.39, 0.29) is 6.04 Å². The van der Waals surface area contributed by atoms with E-state index in [2.05, 4.69) is 15.2 Å². The first-order chi connectivity index (χ1) is 10.2. The number of imidazole rings is 1. The molecule has 1 atom stereocenters. The molecular weight excluding hydrogens is 304 g/mol. The van der Waals surface area contributed by atoms with Gasteiger partial charge in [0.1, 0.15) is 5.01 Å². The summed E-state index contributed by atoms with van der Waals surface area (Å²) in [6.07, 6.45) is 5.57. The molecular formula is C13H12N6S2. The van der Waals surface area contributed by atoms with Crippen LogP contribution in [0.5, 0.6) is 0 Å². The van der Waals surface area contributed by atoms with Gasteiger partial charge in [0.05, 0.1) is 24.1 Å². The van der Waals surface area contributed by atoms with Gasteiger partial charge in [0.2, 0.25) is 4.96 Å². The highest BCUT2D eigenvalue weighted by Crippen LogP contribution is 2.29. The molecule has 0 saturated carbocycles. The van der Waals surface area contributed by atoms with Gasteiger partial charge in [-0.15, -0.1) is 11.3 Å². The van der Waals surface area contributed by atoms with Gasteiger partial charge in [-0.05, 0) is 11.4 Å². The fourth-order valence-corrected chi connectivity index (χ4v) is 3.87. The van der Waals surface area contributed by atoms with E-state index in [9.17, 15) is 0 Å². The molecule has 0 saturated heterocycles. The molecule has 0 aliphatic heterocycles. The number of fused-ring (bicyclic) bond motifs is 1. The number of aryl methyl sites for hydroxylation is 1. The molecule has 106 valence electrons. The molecule has 0 radical (unpaired) electrons. The third-order valence-corrected chi connectivity index (χ3v) is 5.18. The zero-order valence-electron chi connectivity index (χ0n) is 11.2. The lowest BCUT2D eigenvalue weighted by atomic mass is 10.3. The van der Waals surface area contributed by atoms with Crippen molar-refractivity contribution in [3.8, 4) is 11.3 Å². The van der Waals surface area contributed by atoms with Crippen molar-refractivity contribution in [2.24, 2.45) is 12.8 Å². The van der Waals surface area contributed by atoms with Gasteiger partial charge in [-0.25, -0.2) is 9.50 Å². The van der Waals surface area contributed by atoms with Crippen LogP contribution in [-0.2, 0) is 7.05 Å². The summed E-state index contributed by atoms with van der Waals surface area (Å²) in [5, 5.41) is 11.7. The predicted molar refractivity (Wildman–Crippen MR) is 83.4 cm³/mol. The molecule has 0 aromatic carbocycles. The van der Waals surface area contributed by atoms with Gasteiger partial charge in [0, 0.05) is 23.7 Å². The van der Waals surface area contributed by atoms with Crippen LogP contribution in [-0.4, -0.2) is 24.4 Å². The van der Waals surface area contributed by atoms with E-state index in [0.29, 0.717) is 0 Å². The summed E-state index contributed by atoms with van der Waals surface area (Å²) in [5.74, 6) is 0. The van der Waals surface area contributed by atoms with Crippen molar-refractivity contribution in [2.75, 3.05) is 0 Å². The van der Waals surface area contributed by atoms with Crippen LogP contribution < -0.4 is 5.73 Å². The number of nitrogens with zero attached hydrogens (tertiary/aromatic N) is 5. The van der Waals surface area contributed by atoms with Gasteiger partial charge < -0.3 is 5.73 Å². The molecule has 0 aliphatic rings. The highest BCUT2D eigenvalue weighted by molar-refractivity contribution is 7.17. The Hall–Kier alpha value is -2.03. The average molecular weight is 316 g/mol. The lowest BCUT2D eigenvalue weighted by Crippen LogP contribution is -2.10. The predicted octanol–water partition coefficient (Wildman–Crippen LogP) is 2.30. The molecule has 0 amide bonds. The summed E-state index contributed by atoms with van der Waals surface area (Å²) in [6.45, 7) is 0. The van der Waals surface area contributed by atoms with Gasteiger partial charge in [0.15, 0.2) is 0 Å². The maximum absolute atomic E-state index is 6.28. The van der Waals surface area contributed by atoms with Crippen LogP contribution in [0.1, 0.15) is 15.9 Å². The van der Waals surface area contributed by atoms with Crippen molar-refractivity contribution in [3.05, 3.63) is 46.0 Å². The van der Waals surface area contributed by atoms with E-state index in [1.165, 1.54) is 11.3 Å². The van der Waals surface area contributed by atoms with Crippen molar-refractivity contribution in [2.45, 2.75) is 6.04 Å². The zero-order chi connectivity index (χ0) is 14.4. The number of hydrogen-bond donors (Lipinski definition) is 1. The highest BCUT2D eigenvalue weighted by atomic mass is 32.1. The van der Waals surface area contributed by atoms with Gasteiger partial charge in [-0.3, -0.25) is 4.68 Å². The minimum atomic E-state index is -0.196. The summed E-state index contributed by atoms with van der Waals surface area (Å²) in [7, 11) is 1.89. The molecule has 0 bridgehead atoms. The molecule has 21 heavy (non-hydrogen) atoms. The van der Waals surface area contributed by atoms with E-state index >= 15 is 0 Å². The lowest BCUT2D eigenvalue weighted by molar-refractivity contribution is 0.768. The van der Waals surface area contributed by atoms with Crippen molar-refractivity contribution in [3.63, 3.8) is 0 Å². The van der Waals surface area contributed by atoms with Gasteiger partial charge >= 0.3 is 0 Å². The first-order valence-corrected chi connectivity index (χ1v) is 8.04. The van der Waals surface area contributed by atoms with E-state index in [4.69, 9.17) is 5.73 Å². The number of rotatable bonds is 3. The average Bonchev–Trinajstić information content (AvgIpc) is 3.21. The Labute approximate surface area is 128 Å². The van der Waals surface area contributed by atoms with E-state index in [0.717, 1.165) is 26.1 Å². The van der Waals surface area contributed by atoms with Crippen LogP contribution in [0.4, 0.5) is 0 Å². The molecule has 0 aliphatic carbocycles. The largest absolute Gasteiger partial charge is 0.318 e. The van der Waals surface area contributed by atoms with Crippen LogP contribution in [0.25, 0.3) is 16.2 Å². The van der Waals surface area contributed by atoms with Crippen LogP contribution in [0.3, 0.4) is 0 Å². The van der Waals surface area contributed by atoms with Crippen LogP contribution in [0, 0.1) is 0 Å². The van der Waals surface area contributed by atoms with Crippen LogP contribution >= 0.6 is 22.7 Å². The Kier molecular flexibility index (Phi) is 2.88. The molecule has 4 aromatic heterocycles. The molecule has 4 aromatic rings. The smallest absolute Gasteiger partial charge is 0.212 e. The van der Waals surface area contributed by atoms with Crippen molar-refractivity contribution in [1.82, 2.24) is 24.4 Å². The molecule has 0 spiro atoms. The molecule has 8 heteroatoms. The topological polar surface area (TPSA) is 74.0 Å². The van der Waals surface area contributed by atoms with Gasteiger partial charge in [0.25, 0.3) is 0 Å². The third kappa shape index (κ3) is 2.08. The minimum absolute atomic E-state index is 0.196. The summed E-state index contributed by atoms with van der Waals surface area (Å²) >= 11 is 3.16. The normalized spacial score (nSPS) is 13.0. The zero-order valence-corrected chi connectivity index (χ0v) is 12.8. The number of nitrogens with two attached hydrogens (primary N) is 1. The summed E-state index contributed by atoms with van der Waals surface area (Å²) < 4.78 is 3.60. The Morgan fingerprint density at radius 1 is 1.33 bits per heavy atom. The maximum atomic E-state index is 6.28. The van der Waals surface area contributed by atoms with Crippen LogP contribution in [0.2, 0.25) is 0 Å². The van der Waals surface area contributed by atoms with Crippen molar-refractivity contribution >= 4 is 27.6 Å². The molecule has 1 unspecified atom stereocenters. The quantitative estimate of drug-likeness (QED) is 0.629. The second-order valence-electron chi connectivity index (χ2n) is 4.67. The Balaban J connectivity index is 1.79. The SMILES string of the molecule is Cn1cc(-c2cnc3sc(C(N)c4cccs4)nn23)cn1. The second-order valence-corrected chi connectivity index (χ2v) is 6.64. The third-order valence-electron chi connectivity index (χ3n) is 3.22. The Morgan fingerprint density at radius 2 is 2.24 bits per heavy atom. The number of thiophene rings is 1. The van der Waals surface area contributed by atoms with Crippen molar-refractivity contribution in [1.29, 1.82) is 0 Å². The Bertz CT molecular complexity index is 885. The van der Waals surface area contributed by atoms with E-state index in [1.54, 1.807) is 16.0 Å². The van der Waals surface area contributed by atoms with Crippen molar-refractivity contribution < 1.29 is 0 Å². The molecule has 4 rings (SSSR count). The molecule has 0 fully saturated rings. The fourth-order valence-electron chi connectivity index (χ4n) is 2.17. The summed E-state index contributed by atoms with van der Waals surface area (Å²) in [6, 6.07) is 3.83. The number of hydrogen-bond acceptors (Lipinski definition) is 6. The lowest BCUT2D eigenvalue weighted by Gasteiger charge is -2.03. The maximum Gasteiger partial charge on any atom is 0.212 e. The summed E-state index contributed by atoms with van der Waals surface area (Å²) in [4.78, 5) is 6.37. The summed E-state index contributed by atoms with van der Waals surface area (Å²) in [5.41, 5.74) is 8.20. The highest BCUT2D eigenvalue weighted by Gasteiger charge is 2.18. The molecule has 2 N–H and O–H groups in total. The van der Waals surface area contributed by atoms with Gasteiger partial charge in [-0.1, -0.05) is 17.4 Å². The van der Waals surface area contributed by atoms with Crippen LogP contribution in [0.15, 0.2) is 36.1 Å². The first-order valence-electron chi connectivity index (χ1n) is 6.35. The standard InChI is InChI=1S/C13H12N6S2/c1-18-7-8(5-16-18)9-6-15-13-19(9)17-12(21-13)11(14)10-3-2-4-20-10/h2-7,11H,14H2,1H3. The second kappa shape index (κ2) is 4.76. The molecule has 6 nitrogen and oxygen atoms in total. The number of aromatic nitrogens is 5. The fraction of sp³-hybridized carbons (Fsp3) is 0.154.